The summed E-state index contributed by atoms with van der Waals surface area (Å²) in [5.74, 6) is 0.174. The van der Waals surface area contributed by atoms with Crippen LogP contribution in [0.1, 0.15) is 25.0 Å². The molecule has 0 saturated carbocycles. The molecule has 0 unspecified atom stereocenters. The number of rotatable bonds is 6. The molecule has 1 fully saturated rings. The average Bonchev–Trinajstić information content (AvgIpc) is 2.59. The molecule has 1 aliphatic heterocycles. The molecule has 1 aliphatic rings. The van der Waals surface area contributed by atoms with E-state index in [9.17, 15) is 9.59 Å². The monoisotopic (exact) mass is 360 g/mol. The minimum atomic E-state index is 0.0199. The predicted octanol–water partition coefficient (Wildman–Crippen LogP) is 1.73. The number of nitrogens with one attached hydrogen (secondary N) is 1. The van der Waals surface area contributed by atoms with Gasteiger partial charge < -0.3 is 10.2 Å². The molecule has 1 heterocycles. The quantitative estimate of drug-likeness (QED) is 0.839. The van der Waals surface area contributed by atoms with Gasteiger partial charge in [0.05, 0.1) is 13.1 Å². The van der Waals surface area contributed by atoms with Crippen molar-refractivity contribution < 1.29 is 9.59 Å². The van der Waals surface area contributed by atoms with Crippen molar-refractivity contribution in [2.45, 2.75) is 33.7 Å². The van der Waals surface area contributed by atoms with Crippen LogP contribution in [0.3, 0.4) is 0 Å². The van der Waals surface area contributed by atoms with E-state index >= 15 is 0 Å². The number of piperazine rings is 1. The summed E-state index contributed by atoms with van der Waals surface area (Å²) in [5.41, 5.74) is 3.07. The fourth-order valence-electron chi connectivity index (χ4n) is 3.09. The van der Waals surface area contributed by atoms with Crippen LogP contribution in [0, 0.1) is 13.8 Å². The van der Waals surface area contributed by atoms with E-state index in [0.717, 1.165) is 43.0 Å². The third-order valence-electron chi connectivity index (χ3n) is 5.10. The zero-order chi connectivity index (χ0) is 19.3. The van der Waals surface area contributed by atoms with E-state index in [1.54, 1.807) is 4.90 Å². The molecule has 1 saturated heterocycles. The van der Waals surface area contributed by atoms with Crippen LogP contribution < -0.4 is 5.32 Å². The summed E-state index contributed by atoms with van der Waals surface area (Å²) in [5, 5.41) is 3.04. The van der Waals surface area contributed by atoms with Crippen LogP contribution in [-0.4, -0.2) is 78.9 Å². The molecule has 2 amide bonds. The lowest BCUT2D eigenvalue weighted by Gasteiger charge is -2.35. The normalized spacial score (nSPS) is 15.9. The Morgan fingerprint density at radius 1 is 1.04 bits per heavy atom. The third kappa shape index (κ3) is 5.54. The minimum absolute atomic E-state index is 0.0199. The van der Waals surface area contributed by atoms with Crippen LogP contribution in [0.25, 0.3) is 0 Å². The van der Waals surface area contributed by atoms with E-state index in [1.807, 2.05) is 52.9 Å². The molecule has 0 radical (unpaired) electrons. The van der Waals surface area contributed by atoms with Gasteiger partial charge in [0.1, 0.15) is 0 Å². The van der Waals surface area contributed by atoms with Crippen molar-refractivity contribution in [1.82, 2.24) is 14.7 Å². The van der Waals surface area contributed by atoms with Gasteiger partial charge in [-0.1, -0.05) is 18.2 Å². The van der Waals surface area contributed by atoms with Crippen molar-refractivity contribution in [2.24, 2.45) is 0 Å². The number of amides is 2. The second kappa shape index (κ2) is 9.14. The zero-order valence-corrected chi connectivity index (χ0v) is 16.7. The average molecular weight is 361 g/mol. The van der Waals surface area contributed by atoms with Gasteiger partial charge in [-0.25, -0.2) is 0 Å². The van der Waals surface area contributed by atoms with Crippen molar-refractivity contribution in [3.8, 4) is 0 Å². The number of carbonyl (C=O) groups excluding carboxylic acids is 2. The number of aryl methyl sites for hydroxylation is 2. The van der Waals surface area contributed by atoms with Crippen molar-refractivity contribution in [1.29, 1.82) is 0 Å². The van der Waals surface area contributed by atoms with Crippen LogP contribution in [0.5, 0.6) is 0 Å². The largest absolute Gasteiger partial charge is 0.342 e. The summed E-state index contributed by atoms with van der Waals surface area (Å²) in [6, 6.07) is 6.23. The first kappa shape index (κ1) is 20.4. The molecule has 1 aromatic rings. The Hall–Kier alpha value is -1.92. The minimum Gasteiger partial charge on any atom is -0.342 e. The molecular formula is C20H32N4O2. The number of likely N-dealkylation sites (N-methyl/N-ethyl adjacent to an activating group) is 1. The van der Waals surface area contributed by atoms with Gasteiger partial charge in [0.25, 0.3) is 0 Å². The molecule has 0 aromatic heterocycles. The van der Waals surface area contributed by atoms with E-state index in [-0.39, 0.29) is 17.9 Å². The van der Waals surface area contributed by atoms with Crippen LogP contribution in [0.2, 0.25) is 0 Å². The molecule has 26 heavy (non-hydrogen) atoms. The molecule has 0 atom stereocenters. The van der Waals surface area contributed by atoms with E-state index in [4.69, 9.17) is 0 Å². The molecule has 0 spiro atoms. The van der Waals surface area contributed by atoms with E-state index in [0.29, 0.717) is 13.1 Å². The first-order valence-electron chi connectivity index (χ1n) is 9.34. The second-order valence-corrected chi connectivity index (χ2v) is 7.47. The van der Waals surface area contributed by atoms with Gasteiger partial charge in [0.15, 0.2) is 0 Å². The summed E-state index contributed by atoms with van der Waals surface area (Å²) < 4.78 is 0. The van der Waals surface area contributed by atoms with Crippen molar-refractivity contribution in [2.75, 3.05) is 51.6 Å². The maximum atomic E-state index is 12.4. The molecule has 144 valence electrons. The van der Waals surface area contributed by atoms with E-state index in [1.165, 1.54) is 0 Å². The SMILES string of the molecule is Cc1cccc(C)c1NC(=O)CN1CCN(CC(=O)N(C)C(C)C)CC1. The smallest absolute Gasteiger partial charge is 0.238 e. The van der Waals surface area contributed by atoms with Crippen LogP contribution in [-0.2, 0) is 9.59 Å². The molecule has 2 rings (SSSR count). The maximum Gasteiger partial charge on any atom is 0.238 e. The number of benzene rings is 1. The highest BCUT2D eigenvalue weighted by Crippen LogP contribution is 2.19. The van der Waals surface area contributed by atoms with Crippen LogP contribution in [0.15, 0.2) is 18.2 Å². The Morgan fingerprint density at radius 2 is 1.54 bits per heavy atom. The first-order valence-corrected chi connectivity index (χ1v) is 9.34. The summed E-state index contributed by atoms with van der Waals surface area (Å²) in [6.45, 7) is 12.1. The summed E-state index contributed by atoms with van der Waals surface area (Å²) in [4.78, 5) is 30.7. The molecule has 0 aliphatic carbocycles. The van der Waals surface area contributed by atoms with Gasteiger partial charge in [-0.2, -0.15) is 0 Å². The van der Waals surface area contributed by atoms with Crippen molar-refractivity contribution >= 4 is 17.5 Å². The third-order valence-corrected chi connectivity index (χ3v) is 5.10. The van der Waals surface area contributed by atoms with Crippen molar-refractivity contribution in [3.63, 3.8) is 0 Å². The van der Waals surface area contributed by atoms with E-state index in [2.05, 4.69) is 15.1 Å². The Labute approximate surface area is 157 Å². The maximum absolute atomic E-state index is 12.4. The lowest BCUT2D eigenvalue weighted by molar-refractivity contribution is -0.133. The van der Waals surface area contributed by atoms with Gasteiger partial charge in [-0.05, 0) is 38.8 Å². The number of carbonyl (C=O) groups is 2. The number of nitrogens with zero attached hydrogens (tertiary/aromatic N) is 3. The molecule has 6 heteroatoms. The number of hydrogen-bond donors (Lipinski definition) is 1. The molecular weight excluding hydrogens is 328 g/mol. The Balaban J connectivity index is 1.78. The highest BCUT2D eigenvalue weighted by atomic mass is 16.2. The second-order valence-electron chi connectivity index (χ2n) is 7.47. The fourth-order valence-corrected chi connectivity index (χ4v) is 3.09. The summed E-state index contributed by atoms with van der Waals surface area (Å²) in [6.07, 6.45) is 0. The molecule has 6 nitrogen and oxygen atoms in total. The summed E-state index contributed by atoms with van der Waals surface area (Å²) >= 11 is 0. The van der Waals surface area contributed by atoms with Gasteiger partial charge >= 0.3 is 0 Å². The lowest BCUT2D eigenvalue weighted by Crippen LogP contribution is -2.51. The number of para-hydroxylation sites is 1. The predicted molar refractivity (Wildman–Crippen MR) is 105 cm³/mol. The highest BCUT2D eigenvalue weighted by molar-refractivity contribution is 5.93. The number of hydrogen-bond acceptors (Lipinski definition) is 4. The fraction of sp³-hybridized carbons (Fsp3) is 0.600. The van der Waals surface area contributed by atoms with Gasteiger partial charge in [0, 0.05) is 45.0 Å². The first-order chi connectivity index (χ1) is 12.3. The van der Waals surface area contributed by atoms with Gasteiger partial charge in [0.2, 0.25) is 11.8 Å². The van der Waals surface area contributed by atoms with Gasteiger partial charge in [-0.3, -0.25) is 19.4 Å². The van der Waals surface area contributed by atoms with Gasteiger partial charge in [-0.15, -0.1) is 0 Å². The Bertz CT molecular complexity index is 616. The molecule has 1 aromatic carbocycles. The number of anilines is 1. The molecule has 0 bridgehead atoms. The topological polar surface area (TPSA) is 55.9 Å². The molecule has 1 N–H and O–H groups in total. The Kier molecular flexibility index (Phi) is 7.17. The Morgan fingerprint density at radius 3 is 2.04 bits per heavy atom. The standard InChI is InChI=1S/C20H32N4O2/c1-15(2)22(5)19(26)14-24-11-9-23(10-12-24)13-18(25)21-20-16(3)7-6-8-17(20)4/h6-8,15H,9-14H2,1-5H3,(H,21,25). The zero-order valence-electron chi connectivity index (χ0n) is 16.7. The van der Waals surface area contributed by atoms with Crippen LogP contribution in [0.4, 0.5) is 5.69 Å². The van der Waals surface area contributed by atoms with Crippen molar-refractivity contribution in [3.05, 3.63) is 29.3 Å². The lowest BCUT2D eigenvalue weighted by atomic mass is 10.1. The van der Waals surface area contributed by atoms with E-state index < -0.39 is 0 Å². The summed E-state index contributed by atoms with van der Waals surface area (Å²) in [7, 11) is 1.85. The van der Waals surface area contributed by atoms with Crippen LogP contribution >= 0.6 is 0 Å². The highest BCUT2D eigenvalue weighted by Gasteiger charge is 2.22.